The quantitative estimate of drug-likeness (QED) is 0.563. The lowest BCUT2D eigenvalue weighted by Gasteiger charge is -1.84. The normalized spacial score (nSPS) is 8.45. The second kappa shape index (κ2) is 4.45. The first kappa shape index (κ1) is 7.74. The molecule has 0 amide bonds. The molecule has 1 aromatic rings. The summed E-state index contributed by atoms with van der Waals surface area (Å²) in [5, 5.41) is 0. The van der Waals surface area contributed by atoms with Gasteiger partial charge >= 0.3 is 0 Å². The Balaban J connectivity index is 2.59. The third-order valence-corrected chi connectivity index (χ3v) is 1.15. The molecule has 11 heavy (non-hydrogen) atoms. The van der Waals surface area contributed by atoms with Crippen LogP contribution in [0, 0.1) is 11.8 Å². The van der Waals surface area contributed by atoms with Gasteiger partial charge in [-0.1, -0.05) is 12.8 Å². The minimum Gasteiger partial charge on any atom is -0.260 e. The molecule has 1 heterocycles. The first-order chi connectivity index (χ1) is 5.43. The average Bonchev–Trinajstić information content (AvgIpc) is 2.07. The van der Waals surface area contributed by atoms with E-state index in [1.165, 1.54) is 0 Å². The lowest BCUT2D eigenvalue weighted by molar-refractivity contribution is 0.982. The molecule has 1 rings (SSSR count). The molecule has 0 aliphatic carbocycles. The SMILES string of the molecule is CCCC#Cc1cnccn1. The zero-order valence-corrected chi connectivity index (χ0v) is 6.54. The van der Waals surface area contributed by atoms with Crippen molar-refractivity contribution >= 4 is 0 Å². The molecule has 0 aromatic carbocycles. The summed E-state index contributed by atoms with van der Waals surface area (Å²) in [6.07, 6.45) is 6.98. The molecule has 0 saturated carbocycles. The van der Waals surface area contributed by atoms with Crippen LogP contribution in [0.5, 0.6) is 0 Å². The molecule has 0 bridgehead atoms. The zero-order chi connectivity index (χ0) is 7.94. The van der Waals surface area contributed by atoms with Gasteiger partial charge in [-0.2, -0.15) is 0 Å². The maximum atomic E-state index is 4.01. The van der Waals surface area contributed by atoms with Gasteiger partial charge in [0.2, 0.25) is 0 Å². The van der Waals surface area contributed by atoms with Gasteiger partial charge in [0.1, 0.15) is 5.69 Å². The van der Waals surface area contributed by atoms with Gasteiger partial charge in [0.25, 0.3) is 0 Å². The standard InChI is InChI=1S/C9H10N2/c1-2-3-4-5-9-8-10-6-7-11-9/h6-8H,2-3H2,1H3. The van der Waals surface area contributed by atoms with E-state index >= 15 is 0 Å². The average molecular weight is 146 g/mol. The first-order valence-electron chi connectivity index (χ1n) is 3.68. The van der Waals surface area contributed by atoms with Gasteiger partial charge in [-0.3, -0.25) is 4.98 Å². The molecule has 2 nitrogen and oxygen atoms in total. The van der Waals surface area contributed by atoms with Crippen LogP contribution in [0.15, 0.2) is 18.6 Å². The van der Waals surface area contributed by atoms with Crippen LogP contribution >= 0.6 is 0 Å². The molecule has 0 aliphatic heterocycles. The van der Waals surface area contributed by atoms with Crippen LogP contribution in [0.4, 0.5) is 0 Å². The van der Waals surface area contributed by atoms with E-state index in [4.69, 9.17) is 0 Å². The van der Waals surface area contributed by atoms with E-state index in [0.717, 1.165) is 18.5 Å². The molecular formula is C9H10N2. The summed E-state index contributed by atoms with van der Waals surface area (Å²) in [5.74, 6) is 5.92. The number of hydrogen-bond donors (Lipinski definition) is 0. The van der Waals surface area contributed by atoms with E-state index in [0.29, 0.717) is 0 Å². The molecule has 0 aliphatic rings. The van der Waals surface area contributed by atoms with Gasteiger partial charge in [-0.15, -0.1) is 0 Å². The smallest absolute Gasteiger partial charge is 0.131 e. The fourth-order valence-corrected chi connectivity index (χ4v) is 0.642. The van der Waals surface area contributed by atoms with E-state index in [1.54, 1.807) is 18.6 Å². The minimum absolute atomic E-state index is 0.751. The summed E-state index contributed by atoms with van der Waals surface area (Å²) in [6, 6.07) is 0. The highest BCUT2D eigenvalue weighted by atomic mass is 14.7. The van der Waals surface area contributed by atoms with Crippen molar-refractivity contribution in [2.24, 2.45) is 0 Å². The van der Waals surface area contributed by atoms with E-state index in [2.05, 4.69) is 28.7 Å². The molecule has 0 fully saturated rings. The Bertz CT molecular complexity index is 256. The highest BCUT2D eigenvalue weighted by Crippen LogP contribution is 1.87. The van der Waals surface area contributed by atoms with Crippen molar-refractivity contribution in [3.05, 3.63) is 24.3 Å². The van der Waals surface area contributed by atoms with Gasteiger partial charge in [-0.05, 0) is 12.3 Å². The van der Waals surface area contributed by atoms with Crippen molar-refractivity contribution < 1.29 is 0 Å². The Morgan fingerprint density at radius 1 is 1.45 bits per heavy atom. The lowest BCUT2D eigenvalue weighted by Crippen LogP contribution is -1.81. The molecule has 0 N–H and O–H groups in total. The van der Waals surface area contributed by atoms with Crippen LogP contribution in [0.3, 0.4) is 0 Å². The molecule has 0 saturated heterocycles. The molecule has 0 atom stereocenters. The molecule has 0 spiro atoms. The summed E-state index contributed by atoms with van der Waals surface area (Å²) in [6.45, 7) is 2.10. The Morgan fingerprint density at radius 3 is 3.00 bits per heavy atom. The van der Waals surface area contributed by atoms with Crippen LogP contribution in [0.2, 0.25) is 0 Å². The predicted octanol–water partition coefficient (Wildman–Crippen LogP) is 1.63. The molecule has 0 radical (unpaired) electrons. The Labute approximate surface area is 66.7 Å². The zero-order valence-electron chi connectivity index (χ0n) is 6.54. The highest BCUT2D eigenvalue weighted by molar-refractivity contribution is 5.23. The van der Waals surface area contributed by atoms with Gasteiger partial charge < -0.3 is 0 Å². The molecule has 0 unspecified atom stereocenters. The van der Waals surface area contributed by atoms with Crippen LogP contribution in [-0.2, 0) is 0 Å². The van der Waals surface area contributed by atoms with Crippen LogP contribution in [0.1, 0.15) is 25.5 Å². The Morgan fingerprint density at radius 2 is 2.36 bits per heavy atom. The maximum absolute atomic E-state index is 4.01. The largest absolute Gasteiger partial charge is 0.260 e. The third kappa shape index (κ3) is 2.81. The van der Waals surface area contributed by atoms with Crippen LogP contribution in [-0.4, -0.2) is 9.97 Å². The Hall–Kier alpha value is -1.36. The number of nitrogens with zero attached hydrogens (tertiary/aromatic N) is 2. The number of aromatic nitrogens is 2. The van der Waals surface area contributed by atoms with Gasteiger partial charge in [0.05, 0.1) is 6.20 Å². The van der Waals surface area contributed by atoms with E-state index < -0.39 is 0 Å². The van der Waals surface area contributed by atoms with Crippen molar-refractivity contribution in [1.82, 2.24) is 9.97 Å². The second-order valence-electron chi connectivity index (χ2n) is 2.14. The van der Waals surface area contributed by atoms with Crippen LogP contribution < -0.4 is 0 Å². The second-order valence-corrected chi connectivity index (χ2v) is 2.14. The van der Waals surface area contributed by atoms with Gasteiger partial charge in [-0.25, -0.2) is 4.98 Å². The fourth-order valence-electron chi connectivity index (χ4n) is 0.642. The molecule has 2 heteroatoms. The van der Waals surface area contributed by atoms with E-state index in [1.807, 2.05) is 0 Å². The van der Waals surface area contributed by atoms with Crippen molar-refractivity contribution in [2.45, 2.75) is 19.8 Å². The lowest BCUT2D eigenvalue weighted by atomic mass is 10.3. The summed E-state index contributed by atoms with van der Waals surface area (Å²) in [4.78, 5) is 7.91. The van der Waals surface area contributed by atoms with Gasteiger partial charge in [0, 0.05) is 18.8 Å². The van der Waals surface area contributed by atoms with Gasteiger partial charge in [0.15, 0.2) is 0 Å². The maximum Gasteiger partial charge on any atom is 0.131 e. The predicted molar refractivity (Wildman–Crippen MR) is 43.8 cm³/mol. The van der Waals surface area contributed by atoms with Crippen LogP contribution in [0.25, 0.3) is 0 Å². The van der Waals surface area contributed by atoms with E-state index in [-0.39, 0.29) is 0 Å². The monoisotopic (exact) mass is 146 g/mol. The highest BCUT2D eigenvalue weighted by Gasteiger charge is 1.82. The summed E-state index contributed by atoms with van der Waals surface area (Å²) < 4.78 is 0. The molecule has 56 valence electrons. The third-order valence-electron chi connectivity index (χ3n) is 1.15. The summed E-state index contributed by atoms with van der Waals surface area (Å²) in [5.41, 5.74) is 0.751. The number of unbranched alkanes of at least 4 members (excludes halogenated alkanes) is 1. The van der Waals surface area contributed by atoms with Crippen molar-refractivity contribution in [2.75, 3.05) is 0 Å². The minimum atomic E-state index is 0.751. The molecule has 1 aromatic heterocycles. The summed E-state index contributed by atoms with van der Waals surface area (Å²) in [7, 11) is 0. The van der Waals surface area contributed by atoms with E-state index in [9.17, 15) is 0 Å². The molecular weight excluding hydrogens is 136 g/mol. The Kier molecular flexibility index (Phi) is 3.14. The topological polar surface area (TPSA) is 25.8 Å². The van der Waals surface area contributed by atoms with Crippen molar-refractivity contribution in [1.29, 1.82) is 0 Å². The summed E-state index contributed by atoms with van der Waals surface area (Å²) >= 11 is 0. The number of hydrogen-bond acceptors (Lipinski definition) is 2. The van der Waals surface area contributed by atoms with Crippen molar-refractivity contribution in [3.8, 4) is 11.8 Å². The van der Waals surface area contributed by atoms with Crippen molar-refractivity contribution in [3.63, 3.8) is 0 Å². The first-order valence-corrected chi connectivity index (χ1v) is 3.68. The number of rotatable bonds is 1. The fraction of sp³-hybridized carbons (Fsp3) is 0.333.